The summed E-state index contributed by atoms with van der Waals surface area (Å²) < 4.78 is 25.5. The molecule has 0 aliphatic carbocycles. The molecule has 0 amide bonds. The van der Waals surface area contributed by atoms with E-state index < -0.39 is 9.84 Å². The summed E-state index contributed by atoms with van der Waals surface area (Å²) in [5, 5.41) is 6.97. The number of nitrogens with zero attached hydrogens (tertiary/aromatic N) is 3. The van der Waals surface area contributed by atoms with Gasteiger partial charge < -0.3 is 0 Å². The van der Waals surface area contributed by atoms with Crippen molar-refractivity contribution in [2.24, 2.45) is 0 Å². The maximum absolute atomic E-state index is 13.2. The van der Waals surface area contributed by atoms with Gasteiger partial charge in [-0.05, 0) is 43.1 Å². The summed E-state index contributed by atoms with van der Waals surface area (Å²) in [5.41, 5.74) is 1.82. The van der Waals surface area contributed by atoms with Gasteiger partial charge in [-0.15, -0.1) is 0 Å². The molecule has 6 nitrogen and oxygen atoms in total. The lowest BCUT2D eigenvalue weighted by atomic mass is 10.0. The summed E-state index contributed by atoms with van der Waals surface area (Å²) in [6.07, 6.45) is 2.53. The van der Waals surface area contributed by atoms with Crippen molar-refractivity contribution in [2.45, 2.75) is 38.8 Å². The predicted molar refractivity (Wildman–Crippen MR) is 129 cm³/mol. The van der Waals surface area contributed by atoms with Gasteiger partial charge in [0.15, 0.2) is 9.84 Å². The molecule has 4 rings (SSSR count). The number of benzene rings is 2. The maximum Gasteiger partial charge on any atom is 0.274 e. The molecule has 0 bridgehead atoms. The average Bonchev–Trinajstić information content (AvgIpc) is 3.24. The number of hydrogen-bond acceptors (Lipinski definition) is 5. The molecule has 8 heteroatoms. The fraction of sp³-hybridized carbons (Fsp3) is 0.417. The third-order valence-corrected chi connectivity index (χ3v) is 8.18. The first-order valence-corrected chi connectivity index (χ1v) is 13.2. The first kappa shape index (κ1) is 23.0. The van der Waals surface area contributed by atoms with E-state index in [1.807, 2.05) is 48.5 Å². The van der Waals surface area contributed by atoms with E-state index >= 15 is 0 Å². The number of aromatic nitrogens is 2. The lowest BCUT2D eigenvalue weighted by molar-refractivity contribution is 0.236. The SMILES string of the molecule is CCS(=O)(=O)CCN1CCC[C@@H]1Cn1nc(Cc2ccc(Cl)cc2)c2ccccc2c1=O. The molecule has 0 radical (unpaired) electrons. The van der Waals surface area contributed by atoms with Crippen molar-refractivity contribution >= 4 is 32.2 Å². The summed E-state index contributed by atoms with van der Waals surface area (Å²) in [6, 6.07) is 15.4. The van der Waals surface area contributed by atoms with E-state index in [1.54, 1.807) is 11.6 Å². The Bertz CT molecular complexity index is 1260. The average molecular weight is 474 g/mol. The van der Waals surface area contributed by atoms with Gasteiger partial charge in [0.2, 0.25) is 0 Å². The Morgan fingerprint density at radius 2 is 1.81 bits per heavy atom. The third-order valence-electron chi connectivity index (χ3n) is 6.24. The van der Waals surface area contributed by atoms with Crippen LogP contribution in [-0.4, -0.2) is 53.7 Å². The molecular formula is C24H28ClN3O3S. The highest BCUT2D eigenvalue weighted by Gasteiger charge is 2.27. The molecule has 1 aliphatic heterocycles. The topological polar surface area (TPSA) is 72.3 Å². The van der Waals surface area contributed by atoms with Crippen LogP contribution in [0.2, 0.25) is 5.02 Å². The smallest absolute Gasteiger partial charge is 0.274 e. The number of fused-ring (bicyclic) bond motifs is 1. The standard InChI is InChI=1S/C24H28ClN3O3S/c1-2-32(30,31)15-14-27-13-5-6-20(27)17-28-24(29)22-8-4-3-7-21(22)23(26-28)16-18-9-11-19(25)12-10-18/h3-4,7-12,20H,2,5-6,13-17H2,1H3/t20-/m1/s1. The fourth-order valence-corrected chi connectivity index (χ4v) is 5.28. The second-order valence-corrected chi connectivity index (χ2v) is 11.3. The van der Waals surface area contributed by atoms with Gasteiger partial charge in [-0.3, -0.25) is 9.69 Å². The Morgan fingerprint density at radius 1 is 1.09 bits per heavy atom. The van der Waals surface area contributed by atoms with Crippen molar-refractivity contribution < 1.29 is 8.42 Å². The van der Waals surface area contributed by atoms with Crippen molar-refractivity contribution in [3.05, 3.63) is 75.2 Å². The molecule has 3 aromatic rings. The lowest BCUT2D eigenvalue weighted by Crippen LogP contribution is -2.39. The van der Waals surface area contributed by atoms with Crippen LogP contribution >= 0.6 is 11.6 Å². The number of halogens is 1. The number of hydrogen-bond donors (Lipinski definition) is 0. The summed E-state index contributed by atoms with van der Waals surface area (Å²) in [7, 11) is -3.02. The molecule has 32 heavy (non-hydrogen) atoms. The second-order valence-electron chi connectivity index (χ2n) is 8.35. The summed E-state index contributed by atoms with van der Waals surface area (Å²) in [5.74, 6) is 0.313. The van der Waals surface area contributed by atoms with Crippen LogP contribution in [-0.2, 0) is 22.8 Å². The van der Waals surface area contributed by atoms with Crippen LogP contribution in [0.15, 0.2) is 53.3 Å². The lowest BCUT2D eigenvalue weighted by Gasteiger charge is -2.25. The summed E-state index contributed by atoms with van der Waals surface area (Å²) in [4.78, 5) is 15.4. The molecule has 1 fully saturated rings. The minimum Gasteiger partial charge on any atom is -0.298 e. The Labute approximate surface area is 193 Å². The zero-order valence-electron chi connectivity index (χ0n) is 18.2. The maximum atomic E-state index is 13.2. The van der Waals surface area contributed by atoms with Crippen LogP contribution in [0.5, 0.6) is 0 Å². The normalized spacial score (nSPS) is 17.2. The van der Waals surface area contributed by atoms with Crippen molar-refractivity contribution in [3.63, 3.8) is 0 Å². The van der Waals surface area contributed by atoms with Crippen molar-refractivity contribution in [3.8, 4) is 0 Å². The van der Waals surface area contributed by atoms with Crippen molar-refractivity contribution in [2.75, 3.05) is 24.6 Å². The van der Waals surface area contributed by atoms with Crippen LogP contribution < -0.4 is 5.56 Å². The zero-order chi connectivity index (χ0) is 22.7. The minimum absolute atomic E-state index is 0.103. The Hall–Kier alpha value is -2.22. The molecule has 170 valence electrons. The number of rotatable bonds is 8. The van der Waals surface area contributed by atoms with Crippen molar-refractivity contribution in [1.82, 2.24) is 14.7 Å². The van der Waals surface area contributed by atoms with Crippen LogP contribution in [0.1, 0.15) is 31.0 Å². The van der Waals surface area contributed by atoms with Gasteiger partial charge in [0.25, 0.3) is 5.56 Å². The third kappa shape index (κ3) is 5.22. The molecule has 0 N–H and O–H groups in total. The molecule has 0 unspecified atom stereocenters. The van der Waals surface area contributed by atoms with Crippen LogP contribution in [0.3, 0.4) is 0 Å². The van der Waals surface area contributed by atoms with Gasteiger partial charge in [-0.2, -0.15) is 5.10 Å². The molecule has 1 saturated heterocycles. The number of likely N-dealkylation sites (tertiary alicyclic amines) is 1. The Morgan fingerprint density at radius 3 is 2.53 bits per heavy atom. The summed E-state index contributed by atoms with van der Waals surface area (Å²) in [6.45, 7) is 3.49. The largest absolute Gasteiger partial charge is 0.298 e. The fourth-order valence-electron chi connectivity index (χ4n) is 4.35. The highest BCUT2D eigenvalue weighted by molar-refractivity contribution is 7.91. The first-order chi connectivity index (χ1) is 15.4. The monoisotopic (exact) mass is 473 g/mol. The zero-order valence-corrected chi connectivity index (χ0v) is 19.8. The van der Waals surface area contributed by atoms with Crippen molar-refractivity contribution in [1.29, 1.82) is 0 Å². The van der Waals surface area contributed by atoms with E-state index in [1.165, 1.54) is 0 Å². The van der Waals surface area contributed by atoms with Gasteiger partial charge in [-0.25, -0.2) is 13.1 Å². The Balaban J connectivity index is 1.63. The van der Waals surface area contributed by atoms with Crippen LogP contribution in [0, 0.1) is 0 Å². The summed E-state index contributed by atoms with van der Waals surface area (Å²) >= 11 is 6.02. The van der Waals surface area contributed by atoms with Gasteiger partial charge in [0, 0.05) is 35.2 Å². The second kappa shape index (κ2) is 9.73. The highest BCUT2D eigenvalue weighted by atomic mass is 35.5. The number of sulfone groups is 1. The first-order valence-electron chi connectivity index (χ1n) is 11.0. The Kier molecular flexibility index (Phi) is 6.98. The molecule has 1 aromatic heterocycles. The highest BCUT2D eigenvalue weighted by Crippen LogP contribution is 2.21. The van der Waals surface area contributed by atoms with E-state index in [4.69, 9.17) is 16.7 Å². The van der Waals surface area contributed by atoms with E-state index in [2.05, 4.69) is 4.90 Å². The van der Waals surface area contributed by atoms with Gasteiger partial charge in [-0.1, -0.05) is 48.9 Å². The molecule has 1 atom stereocenters. The van der Waals surface area contributed by atoms with E-state index in [9.17, 15) is 13.2 Å². The van der Waals surface area contributed by atoms with E-state index in [0.717, 1.165) is 36.0 Å². The molecule has 0 spiro atoms. The van der Waals surface area contributed by atoms with Gasteiger partial charge in [0.1, 0.15) is 0 Å². The molecule has 2 aromatic carbocycles. The molecule has 1 aliphatic rings. The van der Waals surface area contributed by atoms with Crippen LogP contribution in [0.25, 0.3) is 10.8 Å². The molecule has 2 heterocycles. The van der Waals surface area contributed by atoms with Gasteiger partial charge >= 0.3 is 0 Å². The quantitative estimate of drug-likeness (QED) is 0.500. The molecule has 0 saturated carbocycles. The molecular weight excluding hydrogens is 446 g/mol. The van der Waals surface area contributed by atoms with E-state index in [0.29, 0.717) is 29.9 Å². The van der Waals surface area contributed by atoms with E-state index in [-0.39, 0.29) is 23.1 Å². The minimum atomic E-state index is -3.02. The van der Waals surface area contributed by atoms with Crippen LogP contribution in [0.4, 0.5) is 0 Å². The van der Waals surface area contributed by atoms with Gasteiger partial charge in [0.05, 0.1) is 23.4 Å². The predicted octanol–water partition coefficient (Wildman–Crippen LogP) is 3.54.